The smallest absolute Gasteiger partial charge is 0.410 e. The summed E-state index contributed by atoms with van der Waals surface area (Å²) >= 11 is 0. The number of nitrogens with one attached hydrogen (secondary N) is 1. The first-order valence-corrected chi connectivity index (χ1v) is 8.90. The van der Waals surface area contributed by atoms with Crippen molar-refractivity contribution in [3.63, 3.8) is 0 Å². The molecule has 0 aliphatic heterocycles. The topological polar surface area (TPSA) is 84.4 Å². The Morgan fingerprint density at radius 2 is 1.81 bits per heavy atom. The Bertz CT molecular complexity index is 730. The minimum Gasteiger partial charge on any atom is -0.444 e. The molecule has 7 heteroatoms. The molecule has 0 spiro atoms. The van der Waals surface area contributed by atoms with Crippen LogP contribution in [-0.4, -0.2) is 45.6 Å². The van der Waals surface area contributed by atoms with E-state index in [1.165, 1.54) is 6.20 Å². The van der Waals surface area contributed by atoms with Crippen LogP contribution in [0.5, 0.6) is 0 Å². The van der Waals surface area contributed by atoms with Crippen molar-refractivity contribution in [1.82, 2.24) is 20.2 Å². The van der Waals surface area contributed by atoms with Gasteiger partial charge in [-0.15, -0.1) is 0 Å². The molecule has 2 rings (SSSR count). The number of pyridine rings is 2. The number of hydrogen-bond acceptors (Lipinski definition) is 5. The first-order valence-electron chi connectivity index (χ1n) is 8.90. The summed E-state index contributed by atoms with van der Waals surface area (Å²) in [5, 5.41) is 2.84. The van der Waals surface area contributed by atoms with Crippen molar-refractivity contribution >= 4 is 12.0 Å². The minimum absolute atomic E-state index is 0.181. The van der Waals surface area contributed by atoms with E-state index in [0.717, 1.165) is 5.56 Å². The third-order valence-corrected chi connectivity index (χ3v) is 3.56. The van der Waals surface area contributed by atoms with Crippen LogP contribution < -0.4 is 5.32 Å². The van der Waals surface area contributed by atoms with Crippen LogP contribution in [0.3, 0.4) is 0 Å². The molecule has 2 amide bonds. The van der Waals surface area contributed by atoms with Crippen LogP contribution in [0.4, 0.5) is 4.79 Å². The molecule has 144 valence electrons. The van der Waals surface area contributed by atoms with E-state index in [1.54, 1.807) is 35.6 Å². The van der Waals surface area contributed by atoms with Crippen LogP contribution >= 0.6 is 0 Å². The maximum absolute atomic E-state index is 12.5. The molecule has 1 N–H and O–H groups in total. The van der Waals surface area contributed by atoms with Gasteiger partial charge in [-0.1, -0.05) is 6.07 Å². The molecule has 7 nitrogen and oxygen atoms in total. The monoisotopic (exact) mass is 370 g/mol. The number of hydrogen-bond donors (Lipinski definition) is 1. The van der Waals surface area contributed by atoms with Gasteiger partial charge >= 0.3 is 6.09 Å². The van der Waals surface area contributed by atoms with Gasteiger partial charge in [0.25, 0.3) is 5.91 Å². The molecule has 0 aliphatic carbocycles. The summed E-state index contributed by atoms with van der Waals surface area (Å²) in [7, 11) is 0. The van der Waals surface area contributed by atoms with Crippen molar-refractivity contribution in [2.75, 3.05) is 13.1 Å². The summed E-state index contributed by atoms with van der Waals surface area (Å²) in [6.45, 7) is 6.81. The Labute approximate surface area is 159 Å². The average Bonchev–Trinajstić information content (AvgIpc) is 2.64. The van der Waals surface area contributed by atoms with Gasteiger partial charge in [0.2, 0.25) is 0 Å². The molecule has 0 saturated carbocycles. The molecule has 0 aliphatic rings. The average molecular weight is 370 g/mol. The van der Waals surface area contributed by atoms with Gasteiger partial charge in [0, 0.05) is 37.9 Å². The van der Waals surface area contributed by atoms with Gasteiger partial charge in [-0.3, -0.25) is 14.8 Å². The SMILES string of the molecule is CC(C)(C)OC(=O)N(CCCNC(=O)c1cccnc1)Cc1cccnc1. The van der Waals surface area contributed by atoms with Gasteiger partial charge in [0.1, 0.15) is 5.60 Å². The molecular formula is C20H26N4O3. The van der Waals surface area contributed by atoms with E-state index >= 15 is 0 Å². The summed E-state index contributed by atoms with van der Waals surface area (Å²) in [6, 6.07) is 7.16. The highest BCUT2D eigenvalue weighted by molar-refractivity contribution is 5.93. The van der Waals surface area contributed by atoms with Crippen molar-refractivity contribution in [3.8, 4) is 0 Å². The Balaban J connectivity index is 1.89. The van der Waals surface area contributed by atoms with E-state index in [2.05, 4.69) is 15.3 Å². The number of ether oxygens (including phenoxy) is 1. The van der Waals surface area contributed by atoms with Crippen LogP contribution in [0.15, 0.2) is 49.1 Å². The molecule has 27 heavy (non-hydrogen) atoms. The zero-order chi connectivity index (χ0) is 19.7. The van der Waals surface area contributed by atoms with Gasteiger partial charge < -0.3 is 15.0 Å². The highest BCUT2D eigenvalue weighted by Gasteiger charge is 2.22. The van der Waals surface area contributed by atoms with Crippen molar-refractivity contribution in [2.45, 2.75) is 39.3 Å². The van der Waals surface area contributed by atoms with Crippen LogP contribution in [-0.2, 0) is 11.3 Å². The minimum atomic E-state index is -0.571. The number of carbonyl (C=O) groups is 2. The third-order valence-electron chi connectivity index (χ3n) is 3.56. The molecule has 0 unspecified atom stereocenters. The number of amides is 2. The van der Waals surface area contributed by atoms with Crippen molar-refractivity contribution in [3.05, 3.63) is 60.2 Å². The van der Waals surface area contributed by atoms with E-state index in [4.69, 9.17) is 4.74 Å². The molecular weight excluding hydrogens is 344 g/mol. The van der Waals surface area contributed by atoms with E-state index in [-0.39, 0.29) is 12.0 Å². The standard InChI is InChI=1S/C20H26N4O3/c1-20(2,3)27-19(26)24(15-16-7-4-9-21-13-16)12-6-11-23-18(25)17-8-5-10-22-14-17/h4-5,7-10,13-14H,6,11-12,15H2,1-3H3,(H,23,25). The first-order chi connectivity index (χ1) is 12.8. The van der Waals surface area contributed by atoms with Crippen LogP contribution in [0.25, 0.3) is 0 Å². The normalized spacial score (nSPS) is 10.9. The van der Waals surface area contributed by atoms with Gasteiger partial charge in [-0.05, 0) is 51.0 Å². The molecule has 0 bridgehead atoms. The summed E-state index contributed by atoms with van der Waals surface area (Å²) < 4.78 is 5.49. The summed E-state index contributed by atoms with van der Waals surface area (Å²) in [4.78, 5) is 34.2. The first kappa shape index (κ1) is 20.4. The fourth-order valence-electron chi connectivity index (χ4n) is 2.34. The van der Waals surface area contributed by atoms with Crippen molar-refractivity contribution in [2.24, 2.45) is 0 Å². The molecule has 2 heterocycles. The molecule has 0 atom stereocenters. The van der Waals surface area contributed by atoms with E-state index in [9.17, 15) is 9.59 Å². The highest BCUT2D eigenvalue weighted by Crippen LogP contribution is 2.12. The second-order valence-electron chi connectivity index (χ2n) is 7.11. The lowest BCUT2D eigenvalue weighted by atomic mass is 10.2. The Morgan fingerprint density at radius 3 is 2.41 bits per heavy atom. The fraction of sp³-hybridized carbons (Fsp3) is 0.400. The highest BCUT2D eigenvalue weighted by atomic mass is 16.6. The number of rotatable bonds is 7. The van der Waals surface area contributed by atoms with Crippen molar-refractivity contribution < 1.29 is 14.3 Å². The van der Waals surface area contributed by atoms with E-state index < -0.39 is 5.60 Å². The molecule has 2 aromatic rings. The molecule has 0 fully saturated rings. The molecule has 0 saturated heterocycles. The Morgan fingerprint density at radius 1 is 1.11 bits per heavy atom. The largest absolute Gasteiger partial charge is 0.444 e. The molecule has 0 aromatic carbocycles. The summed E-state index contributed by atoms with van der Waals surface area (Å²) in [5.74, 6) is -0.181. The van der Waals surface area contributed by atoms with Gasteiger partial charge in [-0.2, -0.15) is 0 Å². The predicted molar refractivity (Wildman–Crippen MR) is 102 cm³/mol. The van der Waals surface area contributed by atoms with Crippen LogP contribution in [0.2, 0.25) is 0 Å². The maximum atomic E-state index is 12.5. The number of nitrogens with zero attached hydrogens (tertiary/aromatic N) is 3. The molecule has 2 aromatic heterocycles. The zero-order valence-electron chi connectivity index (χ0n) is 16.0. The van der Waals surface area contributed by atoms with Gasteiger partial charge in [0.05, 0.1) is 12.1 Å². The second kappa shape index (κ2) is 9.66. The lowest BCUT2D eigenvalue weighted by molar-refractivity contribution is 0.0232. The van der Waals surface area contributed by atoms with Crippen LogP contribution in [0.1, 0.15) is 43.1 Å². The predicted octanol–water partition coefficient (Wildman–Crippen LogP) is 3.03. The lowest BCUT2D eigenvalue weighted by Crippen LogP contribution is -2.38. The van der Waals surface area contributed by atoms with Gasteiger partial charge in [-0.25, -0.2) is 4.79 Å². The van der Waals surface area contributed by atoms with Crippen molar-refractivity contribution in [1.29, 1.82) is 0 Å². The van der Waals surface area contributed by atoms with Gasteiger partial charge in [0.15, 0.2) is 0 Å². The Kier molecular flexibility index (Phi) is 7.28. The van der Waals surface area contributed by atoms with Crippen LogP contribution in [0, 0.1) is 0 Å². The van der Waals surface area contributed by atoms with E-state index in [0.29, 0.717) is 31.6 Å². The zero-order valence-corrected chi connectivity index (χ0v) is 16.0. The summed E-state index contributed by atoms with van der Waals surface area (Å²) in [6.07, 6.45) is 6.77. The Hall–Kier alpha value is -2.96. The number of aromatic nitrogens is 2. The number of carbonyl (C=O) groups excluding carboxylic acids is 2. The lowest BCUT2D eigenvalue weighted by Gasteiger charge is -2.27. The molecule has 0 radical (unpaired) electrons. The maximum Gasteiger partial charge on any atom is 0.410 e. The third kappa shape index (κ3) is 7.43. The summed E-state index contributed by atoms with van der Waals surface area (Å²) in [5.41, 5.74) is 0.860. The van der Waals surface area contributed by atoms with E-state index in [1.807, 2.05) is 32.9 Å². The quantitative estimate of drug-likeness (QED) is 0.757. The fourth-order valence-corrected chi connectivity index (χ4v) is 2.34. The second-order valence-corrected chi connectivity index (χ2v) is 7.11.